The Kier molecular flexibility index (Phi) is 11.0. The summed E-state index contributed by atoms with van der Waals surface area (Å²) in [7, 11) is 7.51. The molecule has 0 spiro atoms. The second kappa shape index (κ2) is 12.1. The van der Waals surface area contributed by atoms with Gasteiger partial charge in [0.15, 0.2) is 11.5 Å². The molecule has 0 saturated carbocycles. The first-order valence-electron chi connectivity index (χ1n) is 7.35. The molecule has 0 unspecified atom stereocenters. The van der Waals surface area contributed by atoms with E-state index < -0.39 is 11.9 Å². The topological polar surface area (TPSA) is 108 Å². The van der Waals surface area contributed by atoms with E-state index in [1.807, 2.05) is 12.1 Å². The van der Waals surface area contributed by atoms with Crippen molar-refractivity contribution in [1.29, 1.82) is 0 Å². The molecule has 0 heterocycles. The fourth-order valence-electron chi connectivity index (χ4n) is 1.84. The van der Waals surface area contributed by atoms with Gasteiger partial charge in [0.05, 0.1) is 14.2 Å². The van der Waals surface area contributed by atoms with Crippen LogP contribution in [-0.4, -0.2) is 68.5 Å². The Balaban J connectivity index is 0.000000754. The number of rotatable bonds is 8. The predicted molar refractivity (Wildman–Crippen MR) is 89.7 cm³/mol. The molecule has 136 valence electrons. The third-order valence-electron chi connectivity index (χ3n) is 2.94. The van der Waals surface area contributed by atoms with Gasteiger partial charge in [-0.1, -0.05) is 12.1 Å². The lowest BCUT2D eigenvalue weighted by Crippen LogP contribution is -2.21. The Labute approximate surface area is 142 Å². The van der Waals surface area contributed by atoms with E-state index >= 15 is 0 Å². The van der Waals surface area contributed by atoms with Crippen molar-refractivity contribution >= 4 is 11.9 Å². The maximum Gasteiger partial charge on any atom is 0.414 e. The van der Waals surface area contributed by atoms with Gasteiger partial charge in [-0.3, -0.25) is 0 Å². The van der Waals surface area contributed by atoms with Crippen LogP contribution >= 0.6 is 0 Å². The van der Waals surface area contributed by atoms with Gasteiger partial charge < -0.3 is 29.9 Å². The van der Waals surface area contributed by atoms with Crippen molar-refractivity contribution in [2.75, 3.05) is 41.4 Å². The molecule has 0 bridgehead atoms. The Bertz CT molecular complexity index is 507. The summed E-state index contributed by atoms with van der Waals surface area (Å²) in [5.41, 5.74) is 1.13. The van der Waals surface area contributed by atoms with Crippen molar-refractivity contribution in [3.05, 3.63) is 23.8 Å². The van der Waals surface area contributed by atoms with E-state index in [2.05, 4.69) is 30.4 Å². The van der Waals surface area contributed by atoms with Crippen LogP contribution in [0.5, 0.6) is 11.5 Å². The number of aliphatic carboxylic acids is 2. The van der Waals surface area contributed by atoms with Gasteiger partial charge in [0.25, 0.3) is 0 Å². The molecule has 0 aromatic heterocycles. The lowest BCUT2D eigenvalue weighted by Gasteiger charge is -2.13. The van der Waals surface area contributed by atoms with E-state index in [1.165, 1.54) is 0 Å². The highest BCUT2D eigenvalue weighted by atomic mass is 16.5. The molecular weight excluding hydrogens is 316 g/mol. The minimum Gasteiger partial charge on any atom is -0.493 e. The number of nitrogens with one attached hydrogen (secondary N) is 1. The maximum absolute atomic E-state index is 9.10. The standard InChI is InChI=1S/C14H24N2O2.C2H2O4/c1-16(2)10-6-9-15-11-12-7-5-8-13(17-3)14(12)18-4;3-1(4)2(5)6/h5,7-8,15H,6,9-11H2,1-4H3;(H,3,4)(H,5,6). The van der Waals surface area contributed by atoms with Gasteiger partial charge >= 0.3 is 11.9 Å². The first-order chi connectivity index (χ1) is 11.3. The molecule has 0 aliphatic rings. The molecule has 1 aromatic rings. The highest BCUT2D eigenvalue weighted by Crippen LogP contribution is 2.30. The number of carboxylic acid groups (broad SMARTS) is 2. The highest BCUT2D eigenvalue weighted by Gasteiger charge is 2.08. The number of methoxy groups -OCH3 is 2. The lowest BCUT2D eigenvalue weighted by molar-refractivity contribution is -0.159. The number of nitrogens with zero attached hydrogens (tertiary/aromatic N) is 1. The van der Waals surface area contributed by atoms with Gasteiger partial charge in [-0.05, 0) is 39.7 Å². The van der Waals surface area contributed by atoms with Crippen LogP contribution in [0.2, 0.25) is 0 Å². The molecule has 1 rings (SSSR count). The Morgan fingerprint density at radius 3 is 2.21 bits per heavy atom. The van der Waals surface area contributed by atoms with Gasteiger partial charge in [-0.2, -0.15) is 0 Å². The fourth-order valence-corrected chi connectivity index (χ4v) is 1.84. The van der Waals surface area contributed by atoms with E-state index in [0.717, 1.165) is 43.1 Å². The number of hydrogen-bond donors (Lipinski definition) is 3. The molecule has 0 saturated heterocycles. The molecule has 0 amide bonds. The molecule has 24 heavy (non-hydrogen) atoms. The summed E-state index contributed by atoms with van der Waals surface area (Å²) in [5, 5.41) is 18.2. The average molecular weight is 342 g/mol. The summed E-state index contributed by atoms with van der Waals surface area (Å²) in [4.78, 5) is 20.4. The van der Waals surface area contributed by atoms with E-state index in [1.54, 1.807) is 14.2 Å². The van der Waals surface area contributed by atoms with E-state index in [0.29, 0.717) is 0 Å². The predicted octanol–water partition coefficient (Wildman–Crippen LogP) is 0.901. The van der Waals surface area contributed by atoms with Crippen LogP contribution in [0.1, 0.15) is 12.0 Å². The van der Waals surface area contributed by atoms with Gasteiger partial charge in [-0.15, -0.1) is 0 Å². The number of carboxylic acids is 2. The lowest BCUT2D eigenvalue weighted by atomic mass is 10.2. The minimum atomic E-state index is -1.82. The van der Waals surface area contributed by atoms with Crippen molar-refractivity contribution in [2.24, 2.45) is 0 Å². The second-order valence-corrected chi connectivity index (χ2v) is 5.10. The smallest absolute Gasteiger partial charge is 0.414 e. The molecule has 3 N–H and O–H groups in total. The van der Waals surface area contributed by atoms with E-state index in [-0.39, 0.29) is 0 Å². The molecular formula is C16H26N2O6. The van der Waals surface area contributed by atoms with Gasteiger partial charge in [0.2, 0.25) is 0 Å². The van der Waals surface area contributed by atoms with Crippen molar-refractivity contribution in [3.8, 4) is 11.5 Å². The fraction of sp³-hybridized carbons (Fsp3) is 0.500. The van der Waals surface area contributed by atoms with Crippen LogP contribution in [0.25, 0.3) is 0 Å². The van der Waals surface area contributed by atoms with Crippen LogP contribution in [0, 0.1) is 0 Å². The number of benzene rings is 1. The van der Waals surface area contributed by atoms with Crippen molar-refractivity contribution in [1.82, 2.24) is 10.2 Å². The summed E-state index contributed by atoms with van der Waals surface area (Å²) >= 11 is 0. The second-order valence-electron chi connectivity index (χ2n) is 5.10. The molecule has 0 radical (unpaired) electrons. The first-order valence-corrected chi connectivity index (χ1v) is 7.35. The Morgan fingerprint density at radius 2 is 1.75 bits per heavy atom. The van der Waals surface area contributed by atoms with Crippen molar-refractivity contribution in [2.45, 2.75) is 13.0 Å². The van der Waals surface area contributed by atoms with Crippen LogP contribution in [0.15, 0.2) is 18.2 Å². The molecule has 0 fully saturated rings. The first kappa shape index (κ1) is 21.7. The number of ether oxygens (including phenoxy) is 2. The minimum absolute atomic E-state index is 0.782. The number of para-hydroxylation sites is 1. The summed E-state index contributed by atoms with van der Waals surface area (Å²) in [6.07, 6.45) is 1.14. The molecule has 8 nitrogen and oxygen atoms in total. The zero-order valence-corrected chi connectivity index (χ0v) is 14.5. The summed E-state index contributed by atoms with van der Waals surface area (Å²) in [5.74, 6) is -2.05. The van der Waals surface area contributed by atoms with Crippen LogP contribution < -0.4 is 14.8 Å². The molecule has 0 aliphatic carbocycles. The third-order valence-corrected chi connectivity index (χ3v) is 2.94. The van der Waals surface area contributed by atoms with Crippen LogP contribution in [0.3, 0.4) is 0 Å². The molecule has 0 aliphatic heterocycles. The normalized spacial score (nSPS) is 9.88. The Morgan fingerprint density at radius 1 is 1.12 bits per heavy atom. The monoisotopic (exact) mass is 342 g/mol. The quantitative estimate of drug-likeness (QED) is 0.472. The van der Waals surface area contributed by atoms with Crippen molar-refractivity contribution in [3.63, 3.8) is 0 Å². The summed E-state index contributed by atoms with van der Waals surface area (Å²) in [6, 6.07) is 5.95. The summed E-state index contributed by atoms with van der Waals surface area (Å²) < 4.78 is 10.7. The zero-order valence-electron chi connectivity index (χ0n) is 14.5. The highest BCUT2D eigenvalue weighted by molar-refractivity contribution is 6.27. The Hall–Kier alpha value is -2.32. The zero-order chi connectivity index (χ0) is 18.5. The average Bonchev–Trinajstić information content (AvgIpc) is 2.54. The van der Waals surface area contributed by atoms with Crippen molar-refractivity contribution < 1.29 is 29.3 Å². The van der Waals surface area contributed by atoms with Gasteiger partial charge in [0.1, 0.15) is 0 Å². The van der Waals surface area contributed by atoms with Crippen LogP contribution in [0.4, 0.5) is 0 Å². The molecule has 1 aromatic carbocycles. The van der Waals surface area contributed by atoms with E-state index in [4.69, 9.17) is 29.3 Å². The maximum atomic E-state index is 9.10. The van der Waals surface area contributed by atoms with Gasteiger partial charge in [-0.25, -0.2) is 9.59 Å². The van der Waals surface area contributed by atoms with Crippen LogP contribution in [-0.2, 0) is 16.1 Å². The SMILES string of the molecule is COc1cccc(CNCCCN(C)C)c1OC.O=C(O)C(=O)O. The van der Waals surface area contributed by atoms with E-state index in [9.17, 15) is 0 Å². The molecule has 0 atom stereocenters. The third kappa shape index (κ3) is 8.96. The molecule has 8 heteroatoms. The number of hydrogen-bond acceptors (Lipinski definition) is 6. The van der Waals surface area contributed by atoms with Gasteiger partial charge in [0, 0.05) is 12.1 Å². The number of carbonyl (C=O) groups is 2. The largest absolute Gasteiger partial charge is 0.493 e. The summed E-state index contributed by atoms with van der Waals surface area (Å²) in [6.45, 7) is 2.90.